The number of carboxylic acid groups (broad SMARTS) is 1. The van der Waals surface area contributed by atoms with E-state index in [9.17, 15) is 9.90 Å². The number of fused-ring (bicyclic) bond motifs is 7. The zero-order valence-electron chi connectivity index (χ0n) is 23.3. The molecule has 5 aliphatic carbocycles. The van der Waals surface area contributed by atoms with Crippen molar-refractivity contribution >= 4 is 5.97 Å². The van der Waals surface area contributed by atoms with Gasteiger partial charge in [-0.3, -0.25) is 4.79 Å². The van der Waals surface area contributed by atoms with Crippen molar-refractivity contribution in [1.29, 1.82) is 0 Å². The van der Waals surface area contributed by atoms with Gasteiger partial charge in [-0.25, -0.2) is 0 Å². The molecule has 0 amide bonds. The molecule has 0 radical (unpaired) electrons. The van der Waals surface area contributed by atoms with Crippen LogP contribution in [0, 0.1) is 62.6 Å². The number of aliphatic carboxylic acids is 1. The Morgan fingerprint density at radius 2 is 1.59 bits per heavy atom. The zero-order valence-corrected chi connectivity index (χ0v) is 23.3. The van der Waals surface area contributed by atoms with Crippen LogP contribution in [0.5, 0.6) is 0 Å². The second kappa shape index (κ2) is 7.61. The Kier molecular flexibility index (Phi) is 5.57. The molecule has 0 aromatic rings. The summed E-state index contributed by atoms with van der Waals surface area (Å²) < 4.78 is 0. The predicted molar refractivity (Wildman–Crippen MR) is 140 cm³/mol. The van der Waals surface area contributed by atoms with Gasteiger partial charge in [-0.15, -0.1) is 0 Å². The van der Waals surface area contributed by atoms with Crippen LogP contribution in [0.15, 0.2) is 12.2 Å². The molecule has 5 rings (SSSR count). The zero-order chi connectivity index (χ0) is 24.9. The van der Waals surface area contributed by atoms with Crippen molar-refractivity contribution in [2.75, 3.05) is 0 Å². The molecule has 0 bridgehead atoms. The molecule has 5 aliphatic rings. The van der Waals surface area contributed by atoms with Crippen molar-refractivity contribution in [3.8, 4) is 0 Å². The summed E-state index contributed by atoms with van der Waals surface area (Å²) in [4.78, 5) is 11.7. The normalized spacial score (nSPS) is 54.3. The van der Waals surface area contributed by atoms with E-state index < -0.39 is 5.97 Å². The number of hydrogen-bond acceptors (Lipinski definition) is 1. The summed E-state index contributed by atoms with van der Waals surface area (Å²) in [5.74, 6) is 3.44. The fourth-order valence-electron chi connectivity index (χ4n) is 12.0. The van der Waals surface area contributed by atoms with Gasteiger partial charge in [0.1, 0.15) is 0 Å². The molecule has 4 unspecified atom stereocenters. The molecule has 5 fully saturated rings. The number of rotatable bonds is 2. The van der Waals surface area contributed by atoms with Gasteiger partial charge in [0.2, 0.25) is 0 Å². The molecule has 1 N–H and O–H groups in total. The fourth-order valence-corrected chi connectivity index (χ4v) is 12.0. The molecular weight excluding hydrogens is 416 g/mol. The van der Waals surface area contributed by atoms with Crippen molar-refractivity contribution < 1.29 is 9.90 Å². The molecule has 2 nitrogen and oxygen atoms in total. The van der Waals surface area contributed by atoms with Crippen molar-refractivity contribution in [1.82, 2.24) is 0 Å². The molecule has 34 heavy (non-hydrogen) atoms. The van der Waals surface area contributed by atoms with Crippen LogP contribution in [0.1, 0.15) is 119 Å². The van der Waals surface area contributed by atoms with Crippen LogP contribution in [-0.2, 0) is 4.79 Å². The van der Waals surface area contributed by atoms with Crippen LogP contribution in [-0.4, -0.2) is 11.1 Å². The Bertz CT molecular complexity index is 872. The summed E-state index contributed by atoms with van der Waals surface area (Å²) in [5, 5.41) is 9.60. The summed E-state index contributed by atoms with van der Waals surface area (Å²) in [6.07, 6.45) is 13.5. The summed E-state index contributed by atoms with van der Waals surface area (Å²) in [6.45, 7) is 22.6. The van der Waals surface area contributed by atoms with Gasteiger partial charge >= 0.3 is 5.97 Å². The molecule has 0 heterocycles. The average Bonchev–Trinajstić information content (AvgIpc) is 2.74. The van der Waals surface area contributed by atoms with Crippen molar-refractivity contribution in [3.63, 3.8) is 0 Å². The smallest absolute Gasteiger partial charge is 0.303 e. The van der Waals surface area contributed by atoms with Crippen LogP contribution in [0.25, 0.3) is 0 Å². The van der Waals surface area contributed by atoms with Crippen LogP contribution in [0.3, 0.4) is 0 Å². The van der Waals surface area contributed by atoms with Crippen LogP contribution in [0.2, 0.25) is 0 Å². The SMILES string of the molecule is C=C1CC[C@]2(C)CC[C@]3(C)[C@H](CCC4[C@@]5(C)CCC(CC(=O)O)C(C)(C)C5CC[C@]43C)[C@@H]2C1C. The Labute approximate surface area is 209 Å². The first kappa shape index (κ1) is 24.9. The highest BCUT2D eigenvalue weighted by atomic mass is 16.4. The summed E-state index contributed by atoms with van der Waals surface area (Å²) in [7, 11) is 0. The van der Waals surface area contributed by atoms with E-state index in [4.69, 9.17) is 0 Å². The van der Waals surface area contributed by atoms with Gasteiger partial charge in [0.15, 0.2) is 0 Å². The van der Waals surface area contributed by atoms with Gasteiger partial charge in [-0.1, -0.05) is 60.6 Å². The lowest BCUT2D eigenvalue weighted by Gasteiger charge is -2.74. The number of allylic oxidation sites excluding steroid dienone is 1. The van der Waals surface area contributed by atoms with E-state index in [2.05, 4.69) is 55.0 Å². The lowest BCUT2D eigenvalue weighted by Crippen LogP contribution is -2.66. The minimum Gasteiger partial charge on any atom is -0.481 e. The van der Waals surface area contributed by atoms with Crippen molar-refractivity contribution in [3.05, 3.63) is 12.2 Å². The highest BCUT2D eigenvalue weighted by Crippen LogP contribution is 2.77. The van der Waals surface area contributed by atoms with E-state index in [1.807, 2.05) is 0 Å². The summed E-state index contributed by atoms with van der Waals surface area (Å²) in [6, 6.07) is 0. The minimum atomic E-state index is -0.608. The third-order valence-electron chi connectivity index (χ3n) is 14.3. The first-order valence-corrected chi connectivity index (χ1v) is 14.6. The lowest BCUT2D eigenvalue weighted by atomic mass is 9.31. The van der Waals surface area contributed by atoms with E-state index in [1.165, 1.54) is 63.4 Å². The second-order valence-electron chi connectivity index (χ2n) is 15.5. The fraction of sp³-hybridized carbons (Fsp3) is 0.906. The van der Waals surface area contributed by atoms with Crippen molar-refractivity contribution in [2.45, 2.75) is 119 Å². The molecule has 0 saturated heterocycles. The third kappa shape index (κ3) is 3.08. The van der Waals surface area contributed by atoms with Gasteiger partial charge in [-0.2, -0.15) is 0 Å². The topological polar surface area (TPSA) is 37.3 Å². The molecule has 0 aromatic heterocycles. The molecule has 10 atom stereocenters. The average molecular weight is 469 g/mol. The highest BCUT2D eigenvalue weighted by Gasteiger charge is 2.69. The molecule has 0 spiro atoms. The maximum atomic E-state index is 11.7. The van der Waals surface area contributed by atoms with Gasteiger partial charge in [0.05, 0.1) is 0 Å². The van der Waals surface area contributed by atoms with E-state index in [0.717, 1.165) is 24.2 Å². The van der Waals surface area contributed by atoms with E-state index in [0.29, 0.717) is 45.8 Å². The quantitative estimate of drug-likeness (QED) is 0.411. The Balaban J connectivity index is 1.50. The molecule has 2 heteroatoms. The first-order valence-electron chi connectivity index (χ1n) is 14.6. The van der Waals surface area contributed by atoms with Gasteiger partial charge in [0, 0.05) is 6.42 Å². The van der Waals surface area contributed by atoms with E-state index in [1.54, 1.807) is 0 Å². The largest absolute Gasteiger partial charge is 0.481 e. The highest BCUT2D eigenvalue weighted by molar-refractivity contribution is 5.67. The van der Waals surface area contributed by atoms with Crippen LogP contribution < -0.4 is 0 Å². The molecule has 5 saturated carbocycles. The predicted octanol–water partition coefficient (Wildman–Crippen LogP) is 8.75. The van der Waals surface area contributed by atoms with Gasteiger partial charge < -0.3 is 5.11 Å². The Hall–Kier alpha value is -0.790. The maximum Gasteiger partial charge on any atom is 0.303 e. The maximum absolute atomic E-state index is 11.7. The monoisotopic (exact) mass is 468 g/mol. The van der Waals surface area contributed by atoms with Crippen LogP contribution >= 0.6 is 0 Å². The third-order valence-corrected chi connectivity index (χ3v) is 14.3. The standard InChI is InChI=1S/C32H52O2/c1-20-11-14-29(5)17-18-31(7)23(27(29)21(20)2)9-10-25-30(6)15-12-22(19-26(33)34)28(3,4)24(30)13-16-32(25,31)8/h21-25,27H,1,9-19H2,2-8H3,(H,33,34)/t21?,22?,23-,24?,25?,27+,29-,30+,31-,32-/m1/s1. The number of hydrogen-bond donors (Lipinski definition) is 1. The van der Waals surface area contributed by atoms with Crippen LogP contribution in [0.4, 0.5) is 0 Å². The van der Waals surface area contributed by atoms with Gasteiger partial charge in [0.25, 0.3) is 0 Å². The van der Waals surface area contributed by atoms with E-state index in [-0.39, 0.29) is 5.41 Å². The van der Waals surface area contributed by atoms with Gasteiger partial charge in [-0.05, 0) is 127 Å². The molecule has 0 aliphatic heterocycles. The summed E-state index contributed by atoms with van der Waals surface area (Å²) in [5.41, 5.74) is 3.31. The van der Waals surface area contributed by atoms with E-state index >= 15 is 0 Å². The Morgan fingerprint density at radius 1 is 0.882 bits per heavy atom. The Morgan fingerprint density at radius 3 is 2.26 bits per heavy atom. The lowest BCUT2D eigenvalue weighted by molar-refractivity contribution is -0.247. The second-order valence-corrected chi connectivity index (χ2v) is 15.5. The summed E-state index contributed by atoms with van der Waals surface area (Å²) >= 11 is 0. The number of carbonyl (C=O) groups is 1. The first-order chi connectivity index (χ1) is 15.7. The minimum absolute atomic E-state index is 0.116. The molecular formula is C32H52O2. The number of carboxylic acids is 1. The molecule has 192 valence electrons. The molecule has 0 aromatic carbocycles. The van der Waals surface area contributed by atoms with Crippen molar-refractivity contribution in [2.24, 2.45) is 62.6 Å².